The van der Waals surface area contributed by atoms with Gasteiger partial charge in [0.1, 0.15) is 0 Å². The lowest BCUT2D eigenvalue weighted by molar-refractivity contribution is -0.143. The average molecular weight is 709 g/mol. The summed E-state index contributed by atoms with van der Waals surface area (Å²) in [6.07, 6.45) is -5.31. The molecule has 3 aromatic rings. The monoisotopic (exact) mass is 708 g/mol. The van der Waals surface area contributed by atoms with Crippen LogP contribution < -0.4 is 15.0 Å². The Kier molecular flexibility index (Phi) is 12.1. The zero-order valence-corrected chi connectivity index (χ0v) is 27.4. The van der Waals surface area contributed by atoms with E-state index in [1.165, 1.54) is 42.0 Å². The van der Waals surface area contributed by atoms with E-state index < -0.39 is 41.3 Å². The number of benzene rings is 2. The van der Waals surface area contributed by atoms with Crippen LogP contribution >= 0.6 is 11.8 Å². The summed E-state index contributed by atoms with van der Waals surface area (Å²) in [5.74, 6) is 1.26. The van der Waals surface area contributed by atoms with Crippen LogP contribution in [0.1, 0.15) is 79.8 Å². The van der Waals surface area contributed by atoms with Crippen LogP contribution in [0.2, 0.25) is 0 Å². The molecular weight excluding hydrogens is 671 g/mol. The lowest BCUT2D eigenvalue weighted by Gasteiger charge is -2.32. The van der Waals surface area contributed by atoms with Crippen molar-refractivity contribution in [2.24, 2.45) is 5.92 Å². The molecule has 0 radical (unpaired) electrons. The van der Waals surface area contributed by atoms with E-state index in [1.807, 2.05) is 13.2 Å². The van der Waals surface area contributed by atoms with Gasteiger partial charge >= 0.3 is 18.5 Å². The van der Waals surface area contributed by atoms with Crippen LogP contribution in [0, 0.1) is 5.92 Å². The minimum absolute atomic E-state index is 0.0261. The Labute approximate surface area is 277 Å². The molecule has 4 rings (SSSR count). The van der Waals surface area contributed by atoms with E-state index in [1.54, 1.807) is 0 Å². The fraction of sp³-hybridized carbons (Fsp3) is 0.515. The summed E-state index contributed by atoms with van der Waals surface area (Å²) in [4.78, 5) is 9.82. The van der Waals surface area contributed by atoms with Gasteiger partial charge < -0.3 is 15.0 Å². The largest absolute Gasteiger partial charge is 0.489 e. The first-order valence-corrected chi connectivity index (χ1v) is 16.8. The average Bonchev–Trinajstić information content (AvgIpc) is 3.52. The van der Waals surface area contributed by atoms with E-state index >= 15 is 0 Å². The minimum atomic E-state index is -5.10. The van der Waals surface area contributed by atoms with Crippen molar-refractivity contribution in [1.29, 1.82) is 0 Å². The van der Waals surface area contributed by atoms with Crippen LogP contribution in [0.25, 0.3) is 0 Å². The van der Waals surface area contributed by atoms with Gasteiger partial charge in [0.2, 0.25) is 5.95 Å². The number of hydrogen-bond donors (Lipinski definition) is 1. The Morgan fingerprint density at radius 1 is 0.854 bits per heavy atom. The fourth-order valence-electron chi connectivity index (χ4n) is 5.85. The summed E-state index contributed by atoms with van der Waals surface area (Å²) in [7, 11) is 0. The van der Waals surface area contributed by atoms with Gasteiger partial charge in [0.05, 0.1) is 41.7 Å². The van der Waals surface area contributed by atoms with E-state index in [-0.39, 0.29) is 41.5 Å². The Hall–Kier alpha value is -3.36. The highest BCUT2D eigenvalue weighted by Gasteiger charge is 2.38. The molecule has 0 aliphatic heterocycles. The zero-order chi connectivity index (χ0) is 35.3. The molecule has 0 saturated heterocycles. The van der Waals surface area contributed by atoms with Crippen LogP contribution in [-0.4, -0.2) is 34.6 Å². The molecule has 264 valence electrons. The number of halogens is 9. The predicted octanol–water partition coefficient (Wildman–Crippen LogP) is 10.4. The number of nitrogens with zero attached hydrogens (tertiary/aromatic N) is 3. The second-order valence-electron chi connectivity index (χ2n) is 12.0. The molecule has 0 spiro atoms. The molecule has 2 unspecified atom stereocenters. The molecule has 1 heterocycles. The number of nitrogens with one attached hydrogen (secondary N) is 1. The van der Waals surface area contributed by atoms with Crippen molar-refractivity contribution in [2.45, 2.75) is 83.1 Å². The van der Waals surface area contributed by atoms with Crippen molar-refractivity contribution < 1.29 is 44.3 Å². The summed E-state index contributed by atoms with van der Waals surface area (Å²) in [5, 5.41) is 3.29. The highest BCUT2D eigenvalue weighted by Crippen LogP contribution is 2.40. The Bertz CT molecular complexity index is 1460. The van der Waals surface area contributed by atoms with Crippen molar-refractivity contribution in [3.05, 3.63) is 76.6 Å². The summed E-state index contributed by atoms with van der Waals surface area (Å²) in [6.45, 7) is 3.21. The summed E-state index contributed by atoms with van der Waals surface area (Å²) < 4.78 is 130. The Morgan fingerprint density at radius 2 is 1.44 bits per heavy atom. The van der Waals surface area contributed by atoms with Crippen molar-refractivity contribution in [1.82, 2.24) is 9.97 Å². The molecular formula is C33H37F9N4OS. The maximum Gasteiger partial charge on any atom is 0.416 e. The zero-order valence-electron chi connectivity index (χ0n) is 26.6. The topological polar surface area (TPSA) is 50.3 Å². The smallest absolute Gasteiger partial charge is 0.416 e. The summed E-state index contributed by atoms with van der Waals surface area (Å²) in [6, 6.07) is 3.00. The summed E-state index contributed by atoms with van der Waals surface area (Å²) in [5.41, 5.74) is -3.91. The van der Waals surface area contributed by atoms with E-state index in [0.29, 0.717) is 36.1 Å². The SMILES string of the molecule is CSCCOc1cnc(N(Cc2cc(C(F)(F)F)ccc2NC(C)CC2CCCC2)C(C)c2cc(C(F)(F)F)cc(C(F)(F)F)c2)nc1. The van der Waals surface area contributed by atoms with Gasteiger partial charge in [-0.1, -0.05) is 25.7 Å². The molecule has 1 aliphatic rings. The normalized spacial score (nSPS) is 15.8. The number of ether oxygens (including phenoxy) is 1. The predicted molar refractivity (Wildman–Crippen MR) is 168 cm³/mol. The first kappa shape index (κ1) is 37.5. The quantitative estimate of drug-likeness (QED) is 0.141. The van der Waals surface area contributed by atoms with Gasteiger partial charge in [-0.15, -0.1) is 0 Å². The van der Waals surface area contributed by atoms with Crippen LogP contribution in [0.15, 0.2) is 48.8 Å². The molecule has 0 bridgehead atoms. The molecule has 2 atom stereocenters. The fourth-order valence-corrected chi connectivity index (χ4v) is 6.10. The van der Waals surface area contributed by atoms with Crippen LogP contribution in [-0.2, 0) is 25.1 Å². The maximum absolute atomic E-state index is 13.9. The van der Waals surface area contributed by atoms with Gasteiger partial charge in [-0.05, 0) is 80.0 Å². The first-order chi connectivity index (χ1) is 22.5. The van der Waals surface area contributed by atoms with E-state index in [4.69, 9.17) is 4.74 Å². The second-order valence-corrected chi connectivity index (χ2v) is 13.0. The minimum Gasteiger partial charge on any atom is -0.489 e. The molecule has 15 heteroatoms. The number of thioether (sulfide) groups is 1. The van der Waals surface area contributed by atoms with Gasteiger partial charge in [0, 0.05) is 24.0 Å². The maximum atomic E-state index is 13.9. The number of aromatic nitrogens is 2. The molecule has 0 amide bonds. The molecule has 48 heavy (non-hydrogen) atoms. The van der Waals surface area contributed by atoms with Crippen molar-refractivity contribution in [3.8, 4) is 5.75 Å². The van der Waals surface area contributed by atoms with Crippen LogP contribution in [0.4, 0.5) is 51.1 Å². The molecule has 1 saturated carbocycles. The first-order valence-electron chi connectivity index (χ1n) is 15.4. The molecule has 1 aromatic heterocycles. The highest BCUT2D eigenvalue weighted by atomic mass is 32.2. The van der Waals surface area contributed by atoms with Gasteiger partial charge in [0.15, 0.2) is 5.75 Å². The second kappa shape index (κ2) is 15.5. The van der Waals surface area contributed by atoms with Gasteiger partial charge in [-0.2, -0.15) is 51.3 Å². The standard InChI is InChI=1S/C33H37F9N4OS/c1-20(12-22-6-4-5-7-22)45-29-9-8-25(31(34,35)36)15-24(29)19-46(30-43-17-28(18-44-30)47-10-11-48-3)21(2)23-13-26(32(37,38)39)16-27(14-23)33(40,41)42/h8-9,13-18,20-22,45H,4-7,10-12,19H2,1-3H3. The molecule has 1 fully saturated rings. The third-order valence-corrected chi connectivity index (χ3v) is 8.90. The number of anilines is 2. The molecule has 2 aromatic carbocycles. The molecule has 1 N–H and O–H groups in total. The molecule has 1 aliphatic carbocycles. The van der Waals surface area contributed by atoms with E-state index in [9.17, 15) is 39.5 Å². The lowest BCUT2D eigenvalue weighted by atomic mass is 9.97. The van der Waals surface area contributed by atoms with Gasteiger partial charge in [-0.3, -0.25) is 0 Å². The van der Waals surface area contributed by atoms with Crippen molar-refractivity contribution in [2.75, 3.05) is 28.8 Å². The number of hydrogen-bond acceptors (Lipinski definition) is 6. The Morgan fingerprint density at radius 3 is 1.98 bits per heavy atom. The highest BCUT2D eigenvalue weighted by molar-refractivity contribution is 7.98. The lowest BCUT2D eigenvalue weighted by Crippen LogP contribution is -2.30. The molecule has 5 nitrogen and oxygen atoms in total. The van der Waals surface area contributed by atoms with Crippen LogP contribution in [0.5, 0.6) is 5.75 Å². The van der Waals surface area contributed by atoms with Crippen molar-refractivity contribution in [3.63, 3.8) is 0 Å². The van der Waals surface area contributed by atoms with E-state index in [2.05, 4.69) is 15.3 Å². The van der Waals surface area contributed by atoms with E-state index in [0.717, 1.165) is 44.2 Å². The number of rotatable bonds is 13. The summed E-state index contributed by atoms with van der Waals surface area (Å²) >= 11 is 1.53. The van der Waals surface area contributed by atoms with Gasteiger partial charge in [0.25, 0.3) is 0 Å². The Balaban J connectivity index is 1.79. The third-order valence-electron chi connectivity index (χ3n) is 8.32. The number of alkyl halides is 9. The van der Waals surface area contributed by atoms with Gasteiger partial charge in [-0.25, -0.2) is 9.97 Å². The van der Waals surface area contributed by atoms with Crippen LogP contribution in [0.3, 0.4) is 0 Å². The van der Waals surface area contributed by atoms with Crippen molar-refractivity contribution >= 4 is 23.4 Å². The third kappa shape index (κ3) is 10.1.